The van der Waals surface area contributed by atoms with E-state index in [0.29, 0.717) is 36.5 Å². The number of nitrogens with zero attached hydrogens (tertiary/aromatic N) is 1. The van der Waals surface area contributed by atoms with Crippen LogP contribution >= 0.6 is 0 Å². The summed E-state index contributed by atoms with van der Waals surface area (Å²) in [5, 5.41) is 18.5. The Balaban J connectivity index is 0.000000917. The molecule has 1 heterocycles. The van der Waals surface area contributed by atoms with E-state index in [1.807, 2.05) is 85.8 Å². The van der Waals surface area contributed by atoms with E-state index in [-0.39, 0.29) is 55.5 Å². The van der Waals surface area contributed by atoms with E-state index in [1.54, 1.807) is 32.0 Å². The average Bonchev–Trinajstić information content (AvgIpc) is 3.89. The molecule has 17 nitrogen and oxygen atoms in total. The number of rotatable bonds is 27. The summed E-state index contributed by atoms with van der Waals surface area (Å²) in [4.78, 5) is 86.4. The van der Waals surface area contributed by atoms with Gasteiger partial charge in [0.05, 0.1) is 24.2 Å². The molecule has 3 atom stereocenters. The van der Waals surface area contributed by atoms with Crippen LogP contribution in [0.5, 0.6) is 5.75 Å². The van der Waals surface area contributed by atoms with Crippen LogP contribution in [-0.4, -0.2) is 78.2 Å². The maximum atomic E-state index is 13.6. The number of nitrogens with one attached hydrogen (secondary N) is 3. The second kappa shape index (κ2) is 29.8. The van der Waals surface area contributed by atoms with Crippen molar-refractivity contribution in [3.8, 4) is 17.1 Å². The summed E-state index contributed by atoms with van der Waals surface area (Å²) in [5.74, 6) is -3.63. The molecule has 0 spiro atoms. The highest BCUT2D eigenvalue weighted by Gasteiger charge is 2.31. The number of hydroxylamine groups is 2. The minimum absolute atomic E-state index is 0.00922. The van der Waals surface area contributed by atoms with Gasteiger partial charge < -0.3 is 39.3 Å². The monoisotopic (exact) mass is 948 g/mol. The van der Waals surface area contributed by atoms with E-state index in [2.05, 4.69) is 20.7 Å². The molecule has 0 saturated carbocycles. The van der Waals surface area contributed by atoms with Crippen molar-refractivity contribution in [3.05, 3.63) is 149 Å². The van der Waals surface area contributed by atoms with Crippen molar-refractivity contribution in [3.63, 3.8) is 0 Å². The summed E-state index contributed by atoms with van der Waals surface area (Å²) in [6, 6.07) is 33.4. The summed E-state index contributed by atoms with van der Waals surface area (Å²) < 4.78 is 27.0. The van der Waals surface area contributed by atoms with Crippen molar-refractivity contribution in [1.82, 2.24) is 21.0 Å². The largest absolute Gasteiger partial charge is 0.481 e. The fourth-order valence-corrected chi connectivity index (χ4v) is 6.89. The van der Waals surface area contributed by atoms with Gasteiger partial charge in [0.25, 0.3) is 18.3 Å². The first-order valence-electron chi connectivity index (χ1n) is 22.7. The van der Waals surface area contributed by atoms with Crippen molar-refractivity contribution in [2.75, 3.05) is 13.3 Å². The Morgan fingerprint density at radius 1 is 0.710 bits per heavy atom. The Hall–Kier alpha value is -7.79. The van der Waals surface area contributed by atoms with Crippen LogP contribution in [0.25, 0.3) is 11.3 Å². The molecule has 5 rings (SSSR count). The fraction of sp³-hybridized carbons (Fsp3) is 0.327. The maximum Gasteiger partial charge on any atom is 0.344 e. The molecule has 0 bridgehead atoms. The molecule has 0 radical (unpaired) electrons. The second-order valence-corrected chi connectivity index (χ2v) is 15.5. The number of carbonyl (C=O) groups excluding carboxylic acids is 7. The molecule has 0 fully saturated rings. The zero-order valence-electron chi connectivity index (χ0n) is 39.0. The van der Waals surface area contributed by atoms with Gasteiger partial charge in [-0.1, -0.05) is 137 Å². The Bertz CT molecular complexity index is 2380. The Labute approximate surface area is 401 Å². The summed E-state index contributed by atoms with van der Waals surface area (Å²) in [6.07, 6.45) is 3.83. The Morgan fingerprint density at radius 3 is 1.91 bits per heavy atom. The molecule has 0 aliphatic heterocycles. The van der Waals surface area contributed by atoms with Crippen molar-refractivity contribution < 1.29 is 62.1 Å². The van der Waals surface area contributed by atoms with Gasteiger partial charge in [-0.05, 0) is 60.2 Å². The van der Waals surface area contributed by atoms with Crippen LogP contribution in [0.3, 0.4) is 0 Å². The lowest BCUT2D eigenvalue weighted by Gasteiger charge is -2.29. The van der Waals surface area contributed by atoms with Crippen LogP contribution in [0.2, 0.25) is 0 Å². The molecule has 366 valence electrons. The zero-order valence-corrected chi connectivity index (χ0v) is 39.0. The second-order valence-electron chi connectivity index (χ2n) is 15.5. The Morgan fingerprint density at radius 2 is 1.33 bits per heavy atom. The van der Waals surface area contributed by atoms with Gasteiger partial charge in [-0.2, -0.15) is 0 Å². The van der Waals surface area contributed by atoms with Gasteiger partial charge in [0, 0.05) is 5.56 Å². The third kappa shape index (κ3) is 18.1. The fourth-order valence-electron chi connectivity index (χ4n) is 6.89. The molecule has 17 heteroatoms. The van der Waals surface area contributed by atoms with Crippen LogP contribution < -0.4 is 20.7 Å². The number of furan rings is 1. The molecule has 4 N–H and O–H groups in total. The van der Waals surface area contributed by atoms with Gasteiger partial charge in [-0.25, -0.2) is 14.7 Å². The van der Waals surface area contributed by atoms with Crippen LogP contribution in [0.4, 0.5) is 0 Å². The lowest BCUT2D eigenvalue weighted by atomic mass is 9.90. The lowest BCUT2D eigenvalue weighted by molar-refractivity contribution is -0.168. The molecule has 5 aromatic rings. The number of esters is 2. The molecule has 69 heavy (non-hydrogen) atoms. The third-order valence-corrected chi connectivity index (χ3v) is 10.6. The zero-order chi connectivity index (χ0) is 49.8. The first-order chi connectivity index (χ1) is 33.5. The lowest BCUT2D eigenvalue weighted by Crippen LogP contribution is -2.47. The summed E-state index contributed by atoms with van der Waals surface area (Å²) in [6.45, 7) is 5.58. The van der Waals surface area contributed by atoms with Crippen molar-refractivity contribution >= 4 is 42.5 Å². The number of hydrogen-bond donors (Lipinski definition) is 4. The average molecular weight is 949 g/mol. The molecule has 1 aromatic heterocycles. The van der Waals surface area contributed by atoms with Gasteiger partial charge in [0.2, 0.25) is 12.3 Å². The molecule has 3 unspecified atom stereocenters. The molecule has 0 aliphatic carbocycles. The highest BCUT2D eigenvalue weighted by molar-refractivity contribution is 6.00. The van der Waals surface area contributed by atoms with Crippen molar-refractivity contribution in [2.45, 2.75) is 91.2 Å². The highest BCUT2D eigenvalue weighted by atomic mass is 16.6. The van der Waals surface area contributed by atoms with Gasteiger partial charge in [0.1, 0.15) is 37.4 Å². The van der Waals surface area contributed by atoms with Gasteiger partial charge in [0.15, 0.2) is 12.4 Å². The predicted octanol–water partition coefficient (Wildman–Crippen LogP) is 7.31. The maximum absolute atomic E-state index is 13.6. The van der Waals surface area contributed by atoms with E-state index >= 15 is 0 Å². The smallest absolute Gasteiger partial charge is 0.344 e. The van der Waals surface area contributed by atoms with E-state index in [1.165, 1.54) is 24.3 Å². The van der Waals surface area contributed by atoms with E-state index in [4.69, 9.17) is 18.6 Å². The first kappa shape index (κ1) is 53.8. The molecular formula is C52H60N4O13. The van der Waals surface area contributed by atoms with Crippen LogP contribution in [0.1, 0.15) is 96.9 Å². The standard InChI is InChI=1S/C44H52N4O11.C8H8O2/c1-4-7-10-19-33(36(6-3)48(55)29-49)41(51)45-28-46-43(53)38-23-22-37(59-38)32-20-21-34(39(24-32)56-27-40(50)57-25-30-15-11-8-12-16-30)42(52)47-35(5-2)44(54)58-26-31-17-13-9-14-18-31;9-7-10-6-8-4-2-1-3-5-8/h8-9,11-18,20-24,29,33,35-36,55H,4-7,10,19,25-28H2,1-3H3,(H,45,51)(H,46,53)(H,47,52);1-5,7H,6H2. The number of ether oxygens (including phenoxy) is 4. The van der Waals surface area contributed by atoms with Crippen molar-refractivity contribution in [1.29, 1.82) is 0 Å². The normalized spacial score (nSPS) is 11.8. The highest BCUT2D eigenvalue weighted by Crippen LogP contribution is 2.30. The molecule has 0 aliphatic rings. The SMILES string of the molecule is CCCCCC(C(=O)NCNC(=O)c1ccc(-c2ccc(C(=O)NC(CC)C(=O)OCc3ccccc3)c(OCC(=O)OCc3ccccc3)c2)o1)C(CC)N(O)C=O.O=COCc1ccccc1. The third-order valence-electron chi connectivity index (χ3n) is 10.6. The Kier molecular flexibility index (Phi) is 23.2. The molecule has 0 saturated heterocycles. The van der Waals surface area contributed by atoms with Gasteiger partial charge in [-0.3, -0.25) is 29.2 Å². The number of hydrogen-bond acceptors (Lipinski definition) is 13. The van der Waals surface area contributed by atoms with Crippen LogP contribution in [0, 0.1) is 5.92 Å². The molecular weight excluding hydrogens is 889 g/mol. The van der Waals surface area contributed by atoms with Crippen LogP contribution in [0.15, 0.2) is 126 Å². The molecule has 4 amide bonds. The number of amides is 4. The summed E-state index contributed by atoms with van der Waals surface area (Å²) in [5.41, 5.74) is 2.97. The minimum atomic E-state index is -0.980. The minimum Gasteiger partial charge on any atom is -0.481 e. The van der Waals surface area contributed by atoms with Gasteiger partial charge in [-0.15, -0.1) is 0 Å². The topological polar surface area (TPSA) is 229 Å². The molecule has 4 aromatic carbocycles. The number of unbranched alkanes of at least 4 members (excludes halogenated alkanes) is 2. The first-order valence-corrected chi connectivity index (χ1v) is 22.7. The van der Waals surface area contributed by atoms with Crippen LogP contribution in [-0.2, 0) is 58.0 Å². The van der Waals surface area contributed by atoms with Gasteiger partial charge >= 0.3 is 11.9 Å². The van der Waals surface area contributed by atoms with E-state index in [9.17, 15) is 38.8 Å². The van der Waals surface area contributed by atoms with Crippen molar-refractivity contribution in [2.24, 2.45) is 5.92 Å². The number of carbonyl (C=O) groups is 7. The van der Waals surface area contributed by atoms with E-state index < -0.39 is 54.3 Å². The summed E-state index contributed by atoms with van der Waals surface area (Å²) >= 11 is 0. The quantitative estimate of drug-likeness (QED) is 0.00771. The van der Waals surface area contributed by atoms with E-state index in [0.717, 1.165) is 36.0 Å². The predicted molar refractivity (Wildman–Crippen MR) is 253 cm³/mol. The summed E-state index contributed by atoms with van der Waals surface area (Å²) in [7, 11) is 0. The number of benzene rings is 4.